The van der Waals surface area contributed by atoms with Crippen LogP contribution in [0.3, 0.4) is 0 Å². The summed E-state index contributed by atoms with van der Waals surface area (Å²) in [5.41, 5.74) is 8.14. The van der Waals surface area contributed by atoms with E-state index in [0.29, 0.717) is 6.61 Å². The van der Waals surface area contributed by atoms with E-state index in [0.717, 1.165) is 35.6 Å². The quantitative estimate of drug-likeness (QED) is 0.846. The molecule has 0 aliphatic heterocycles. The van der Waals surface area contributed by atoms with Gasteiger partial charge in [-0.25, -0.2) is 0 Å². The van der Waals surface area contributed by atoms with Crippen LogP contribution in [0.15, 0.2) is 30.5 Å². The van der Waals surface area contributed by atoms with Gasteiger partial charge in [0.05, 0.1) is 13.7 Å². The molecule has 1 unspecified atom stereocenters. The van der Waals surface area contributed by atoms with E-state index in [-0.39, 0.29) is 6.04 Å². The molecule has 0 saturated heterocycles. The molecule has 2 rings (SSSR count). The maximum absolute atomic E-state index is 5.87. The van der Waals surface area contributed by atoms with Crippen LogP contribution in [0.5, 0.6) is 11.5 Å². The Morgan fingerprint density at radius 3 is 2.71 bits per heavy atom. The highest BCUT2D eigenvalue weighted by Crippen LogP contribution is 2.28. The maximum Gasteiger partial charge on any atom is 0.161 e. The van der Waals surface area contributed by atoms with E-state index < -0.39 is 0 Å². The standard InChI is InChI=1S/C16H23N3O2/c1-12(17)10-13-4-5-15(20-3)16(11-13)21-9-7-14-6-8-18-19(14)2/h4-6,8,11-12H,7,9-10,17H2,1-3H3. The van der Waals surface area contributed by atoms with E-state index in [1.807, 2.05) is 42.9 Å². The van der Waals surface area contributed by atoms with Crippen LogP contribution in [-0.2, 0) is 19.9 Å². The Labute approximate surface area is 125 Å². The van der Waals surface area contributed by atoms with Crippen LogP contribution in [0.25, 0.3) is 0 Å². The normalized spacial score (nSPS) is 12.2. The third kappa shape index (κ3) is 4.23. The lowest BCUT2D eigenvalue weighted by Gasteiger charge is -2.13. The molecule has 1 aromatic heterocycles. The minimum absolute atomic E-state index is 0.126. The Kier molecular flexibility index (Phi) is 5.22. The second-order valence-electron chi connectivity index (χ2n) is 5.21. The number of hydrogen-bond acceptors (Lipinski definition) is 4. The van der Waals surface area contributed by atoms with Gasteiger partial charge in [-0.15, -0.1) is 0 Å². The van der Waals surface area contributed by atoms with Gasteiger partial charge in [0.1, 0.15) is 0 Å². The molecular weight excluding hydrogens is 266 g/mol. The summed E-state index contributed by atoms with van der Waals surface area (Å²) in [7, 11) is 3.58. The van der Waals surface area contributed by atoms with Crippen molar-refractivity contribution in [2.75, 3.05) is 13.7 Å². The Balaban J connectivity index is 2.01. The van der Waals surface area contributed by atoms with Gasteiger partial charge in [-0.1, -0.05) is 6.07 Å². The lowest BCUT2D eigenvalue weighted by molar-refractivity contribution is 0.295. The van der Waals surface area contributed by atoms with Crippen molar-refractivity contribution in [3.05, 3.63) is 41.7 Å². The molecule has 0 bridgehead atoms. The lowest BCUT2D eigenvalue weighted by Crippen LogP contribution is -2.17. The average Bonchev–Trinajstić information content (AvgIpc) is 2.84. The highest BCUT2D eigenvalue weighted by Gasteiger charge is 2.08. The summed E-state index contributed by atoms with van der Waals surface area (Å²) < 4.78 is 13.1. The highest BCUT2D eigenvalue weighted by molar-refractivity contribution is 5.43. The Bertz CT molecular complexity index is 579. The molecule has 0 spiro atoms. The maximum atomic E-state index is 5.87. The largest absolute Gasteiger partial charge is 0.493 e. The molecule has 0 radical (unpaired) electrons. The molecule has 21 heavy (non-hydrogen) atoms. The van der Waals surface area contributed by atoms with Crippen molar-refractivity contribution in [3.8, 4) is 11.5 Å². The monoisotopic (exact) mass is 289 g/mol. The fourth-order valence-electron chi connectivity index (χ4n) is 2.24. The number of aromatic nitrogens is 2. The van der Waals surface area contributed by atoms with E-state index in [1.165, 1.54) is 0 Å². The molecule has 0 saturated carbocycles. The summed E-state index contributed by atoms with van der Waals surface area (Å²) in [6.45, 7) is 2.57. The van der Waals surface area contributed by atoms with Gasteiger partial charge in [0.25, 0.3) is 0 Å². The fraction of sp³-hybridized carbons (Fsp3) is 0.438. The first-order chi connectivity index (χ1) is 10.1. The lowest BCUT2D eigenvalue weighted by atomic mass is 10.1. The molecule has 0 aliphatic rings. The van der Waals surface area contributed by atoms with E-state index >= 15 is 0 Å². The third-order valence-corrected chi connectivity index (χ3v) is 3.32. The van der Waals surface area contributed by atoms with Crippen molar-refractivity contribution in [2.24, 2.45) is 12.8 Å². The summed E-state index contributed by atoms with van der Waals surface area (Å²) in [6, 6.07) is 8.08. The molecule has 114 valence electrons. The molecule has 1 atom stereocenters. The van der Waals surface area contributed by atoms with Crippen molar-refractivity contribution in [2.45, 2.75) is 25.8 Å². The molecule has 1 heterocycles. The van der Waals surface area contributed by atoms with Crippen molar-refractivity contribution in [3.63, 3.8) is 0 Å². The molecule has 0 aliphatic carbocycles. The number of ether oxygens (including phenoxy) is 2. The Morgan fingerprint density at radius 2 is 2.10 bits per heavy atom. The van der Waals surface area contributed by atoms with Crippen LogP contribution < -0.4 is 15.2 Å². The predicted octanol–water partition coefficient (Wildman–Crippen LogP) is 1.94. The van der Waals surface area contributed by atoms with E-state index in [1.54, 1.807) is 13.3 Å². The molecule has 0 amide bonds. The molecule has 2 N–H and O–H groups in total. The number of hydrogen-bond donors (Lipinski definition) is 1. The predicted molar refractivity (Wildman–Crippen MR) is 82.8 cm³/mol. The average molecular weight is 289 g/mol. The summed E-state index contributed by atoms with van der Waals surface area (Å²) in [6.07, 6.45) is 3.42. The van der Waals surface area contributed by atoms with Crippen LogP contribution in [-0.4, -0.2) is 29.5 Å². The van der Waals surface area contributed by atoms with Gasteiger partial charge in [0.15, 0.2) is 11.5 Å². The van der Waals surface area contributed by atoms with Gasteiger partial charge in [-0.05, 0) is 37.1 Å². The first kappa shape index (κ1) is 15.4. The third-order valence-electron chi connectivity index (χ3n) is 3.32. The topological polar surface area (TPSA) is 62.3 Å². The molecule has 2 aromatic rings. The summed E-state index contributed by atoms with van der Waals surface area (Å²) >= 11 is 0. The zero-order chi connectivity index (χ0) is 15.2. The fourth-order valence-corrected chi connectivity index (χ4v) is 2.24. The SMILES string of the molecule is COc1ccc(CC(C)N)cc1OCCc1ccnn1C. The van der Waals surface area contributed by atoms with Crippen molar-refractivity contribution < 1.29 is 9.47 Å². The Hall–Kier alpha value is -2.01. The summed E-state index contributed by atoms with van der Waals surface area (Å²) in [5.74, 6) is 1.51. The van der Waals surface area contributed by atoms with Gasteiger partial charge in [0.2, 0.25) is 0 Å². The van der Waals surface area contributed by atoms with Crippen LogP contribution in [0, 0.1) is 0 Å². The number of aryl methyl sites for hydroxylation is 1. The van der Waals surface area contributed by atoms with Crippen molar-refractivity contribution >= 4 is 0 Å². The van der Waals surface area contributed by atoms with E-state index in [2.05, 4.69) is 5.10 Å². The van der Waals surface area contributed by atoms with Crippen molar-refractivity contribution in [1.29, 1.82) is 0 Å². The van der Waals surface area contributed by atoms with Gasteiger partial charge in [-0.2, -0.15) is 5.10 Å². The van der Waals surface area contributed by atoms with Gasteiger partial charge >= 0.3 is 0 Å². The Morgan fingerprint density at radius 1 is 1.29 bits per heavy atom. The molecule has 0 fully saturated rings. The van der Waals surface area contributed by atoms with Gasteiger partial charge < -0.3 is 15.2 Å². The first-order valence-corrected chi connectivity index (χ1v) is 7.12. The first-order valence-electron chi connectivity index (χ1n) is 7.12. The zero-order valence-electron chi connectivity index (χ0n) is 12.9. The smallest absolute Gasteiger partial charge is 0.161 e. The molecule has 1 aromatic carbocycles. The minimum atomic E-state index is 0.126. The van der Waals surface area contributed by atoms with Crippen LogP contribution in [0.1, 0.15) is 18.2 Å². The molecular formula is C16H23N3O2. The van der Waals surface area contributed by atoms with E-state index in [9.17, 15) is 0 Å². The van der Waals surface area contributed by atoms with E-state index in [4.69, 9.17) is 15.2 Å². The van der Waals surface area contributed by atoms with Crippen LogP contribution in [0.4, 0.5) is 0 Å². The second kappa shape index (κ2) is 7.13. The molecule has 5 heteroatoms. The minimum Gasteiger partial charge on any atom is -0.493 e. The summed E-state index contributed by atoms with van der Waals surface area (Å²) in [5, 5.41) is 4.15. The number of rotatable bonds is 7. The van der Waals surface area contributed by atoms with Gasteiger partial charge in [0, 0.05) is 31.4 Å². The van der Waals surface area contributed by atoms with Crippen molar-refractivity contribution in [1.82, 2.24) is 9.78 Å². The number of nitrogens with two attached hydrogens (primary N) is 1. The van der Waals surface area contributed by atoms with Crippen LogP contribution >= 0.6 is 0 Å². The van der Waals surface area contributed by atoms with Gasteiger partial charge in [-0.3, -0.25) is 4.68 Å². The second-order valence-corrected chi connectivity index (χ2v) is 5.21. The number of benzene rings is 1. The summed E-state index contributed by atoms with van der Waals surface area (Å²) in [4.78, 5) is 0. The molecule has 5 nitrogen and oxygen atoms in total. The number of nitrogens with zero attached hydrogens (tertiary/aromatic N) is 2. The highest BCUT2D eigenvalue weighted by atomic mass is 16.5. The zero-order valence-corrected chi connectivity index (χ0v) is 12.9. The van der Waals surface area contributed by atoms with Crippen LogP contribution in [0.2, 0.25) is 0 Å². The number of methoxy groups -OCH3 is 1.